The van der Waals surface area contributed by atoms with Crippen molar-refractivity contribution in [2.75, 3.05) is 33.3 Å². The van der Waals surface area contributed by atoms with E-state index in [-0.39, 0.29) is 11.3 Å². The van der Waals surface area contributed by atoms with Gasteiger partial charge < -0.3 is 19.9 Å². The number of rotatable bonds is 5. The lowest BCUT2D eigenvalue weighted by atomic mass is 9.78. The number of nitrogens with zero attached hydrogens (tertiary/aromatic N) is 2. The van der Waals surface area contributed by atoms with Crippen molar-refractivity contribution < 1.29 is 9.53 Å². The minimum absolute atomic E-state index is 0.116. The van der Waals surface area contributed by atoms with E-state index in [4.69, 9.17) is 17.0 Å². The number of para-hydroxylation sites is 1. The van der Waals surface area contributed by atoms with Crippen molar-refractivity contribution in [3.05, 3.63) is 58.3 Å². The van der Waals surface area contributed by atoms with Crippen LogP contribution in [0.15, 0.2) is 47.2 Å². The third-order valence-electron chi connectivity index (χ3n) is 6.45. The molecule has 0 radical (unpaired) electrons. The number of amides is 1. The van der Waals surface area contributed by atoms with E-state index in [1.165, 1.54) is 0 Å². The van der Waals surface area contributed by atoms with Crippen molar-refractivity contribution >= 4 is 40.7 Å². The molecule has 4 rings (SSSR count). The number of carbonyl (C=O) groups excluding carboxylic acids is 1. The number of piperidine rings is 1. The summed E-state index contributed by atoms with van der Waals surface area (Å²) in [7, 11) is 1.69. The first-order valence-electron chi connectivity index (χ1n) is 10.7. The number of thiocarbonyl (C=S) groups is 1. The first kappa shape index (κ1) is 21.8. The van der Waals surface area contributed by atoms with Gasteiger partial charge in [0.1, 0.15) is 5.75 Å². The van der Waals surface area contributed by atoms with Crippen LogP contribution in [0, 0.1) is 5.41 Å². The van der Waals surface area contributed by atoms with E-state index in [1.54, 1.807) is 24.5 Å². The van der Waals surface area contributed by atoms with E-state index in [0.717, 1.165) is 67.4 Å². The average Bonchev–Trinajstić information content (AvgIpc) is 3.47. The van der Waals surface area contributed by atoms with Crippen LogP contribution in [0.3, 0.4) is 0 Å². The Labute approximate surface area is 193 Å². The van der Waals surface area contributed by atoms with Gasteiger partial charge in [-0.15, -0.1) is 0 Å². The molecular weight excluding hydrogens is 426 g/mol. The fourth-order valence-electron chi connectivity index (χ4n) is 4.49. The lowest BCUT2D eigenvalue weighted by Gasteiger charge is -2.39. The SMILES string of the molecule is COc1ccccc1CNC(=S)N1CCC2(CCN(C(=O)/C=C/c3ccsc3)CC2)C1. The van der Waals surface area contributed by atoms with Crippen molar-refractivity contribution in [2.24, 2.45) is 5.41 Å². The summed E-state index contributed by atoms with van der Waals surface area (Å²) in [5, 5.41) is 8.28. The van der Waals surface area contributed by atoms with E-state index in [2.05, 4.69) is 16.3 Å². The molecule has 2 saturated heterocycles. The van der Waals surface area contributed by atoms with Crippen LogP contribution < -0.4 is 10.1 Å². The highest BCUT2D eigenvalue weighted by Crippen LogP contribution is 2.40. The first-order chi connectivity index (χ1) is 15.1. The summed E-state index contributed by atoms with van der Waals surface area (Å²) in [4.78, 5) is 16.8. The second-order valence-electron chi connectivity index (χ2n) is 8.36. The average molecular weight is 456 g/mol. The highest BCUT2D eigenvalue weighted by atomic mass is 32.1. The van der Waals surface area contributed by atoms with Crippen LogP contribution in [0.4, 0.5) is 0 Å². The van der Waals surface area contributed by atoms with Gasteiger partial charge in [-0.1, -0.05) is 18.2 Å². The van der Waals surface area contributed by atoms with Crippen LogP contribution in [-0.4, -0.2) is 54.1 Å². The lowest BCUT2D eigenvalue weighted by molar-refractivity contribution is -0.128. The molecule has 1 amide bonds. The molecule has 0 unspecified atom stereocenters. The number of carbonyl (C=O) groups is 1. The van der Waals surface area contributed by atoms with Crippen molar-refractivity contribution in [1.82, 2.24) is 15.1 Å². The second kappa shape index (κ2) is 9.83. The fraction of sp³-hybridized carbons (Fsp3) is 0.417. The Morgan fingerprint density at radius 3 is 2.65 bits per heavy atom. The normalized spacial score (nSPS) is 18.0. The van der Waals surface area contributed by atoms with Crippen LogP contribution in [0.2, 0.25) is 0 Å². The molecule has 1 spiro atoms. The quantitative estimate of drug-likeness (QED) is 0.542. The molecule has 1 N–H and O–H groups in total. The number of ether oxygens (including phenoxy) is 1. The van der Waals surface area contributed by atoms with E-state index < -0.39 is 0 Å². The number of thiophene rings is 1. The Hall–Kier alpha value is -2.38. The van der Waals surface area contributed by atoms with Crippen LogP contribution in [-0.2, 0) is 11.3 Å². The maximum atomic E-state index is 12.5. The largest absolute Gasteiger partial charge is 0.496 e. The number of benzene rings is 1. The van der Waals surface area contributed by atoms with Crippen LogP contribution >= 0.6 is 23.6 Å². The molecular formula is C24H29N3O2S2. The standard InChI is InChI=1S/C24H29N3O2S2/c1-29-21-5-3-2-4-20(21)16-25-23(30)27-14-11-24(18-27)9-12-26(13-10-24)22(28)7-6-19-8-15-31-17-19/h2-8,15,17H,9-14,16,18H2,1H3,(H,25,30)/b7-6+. The van der Waals surface area contributed by atoms with Gasteiger partial charge in [0.2, 0.25) is 5.91 Å². The predicted molar refractivity (Wildman–Crippen MR) is 130 cm³/mol. The van der Waals surface area contributed by atoms with Gasteiger partial charge >= 0.3 is 0 Å². The Morgan fingerprint density at radius 1 is 1.19 bits per heavy atom. The Morgan fingerprint density at radius 2 is 1.94 bits per heavy atom. The van der Waals surface area contributed by atoms with E-state index in [0.29, 0.717) is 6.54 Å². The summed E-state index contributed by atoms with van der Waals surface area (Å²) in [5.74, 6) is 0.991. The minimum atomic E-state index is 0.116. The summed E-state index contributed by atoms with van der Waals surface area (Å²) in [6, 6.07) is 10.0. The molecule has 164 valence electrons. The summed E-state index contributed by atoms with van der Waals surface area (Å²) in [5.41, 5.74) is 2.46. The number of nitrogens with one attached hydrogen (secondary N) is 1. The van der Waals surface area contributed by atoms with Crippen LogP contribution in [0.25, 0.3) is 6.08 Å². The van der Waals surface area contributed by atoms with Gasteiger partial charge in [-0.2, -0.15) is 11.3 Å². The smallest absolute Gasteiger partial charge is 0.246 e. The lowest BCUT2D eigenvalue weighted by Crippen LogP contribution is -2.45. The molecule has 0 atom stereocenters. The molecule has 2 aliphatic heterocycles. The third kappa shape index (κ3) is 5.28. The fourth-order valence-corrected chi connectivity index (χ4v) is 5.35. The Bertz CT molecular complexity index is 934. The molecule has 1 aromatic heterocycles. The molecule has 2 aromatic rings. The summed E-state index contributed by atoms with van der Waals surface area (Å²) >= 11 is 7.33. The maximum absolute atomic E-state index is 12.5. The molecule has 0 aliphatic carbocycles. The summed E-state index contributed by atoms with van der Waals surface area (Å²) in [6.45, 7) is 4.25. The van der Waals surface area contributed by atoms with Crippen molar-refractivity contribution in [2.45, 2.75) is 25.8 Å². The predicted octanol–water partition coefficient (Wildman–Crippen LogP) is 4.16. The first-order valence-corrected chi connectivity index (χ1v) is 12.1. The number of likely N-dealkylation sites (tertiary alicyclic amines) is 2. The third-order valence-corrected chi connectivity index (χ3v) is 7.55. The molecule has 2 fully saturated rings. The van der Waals surface area contributed by atoms with Gasteiger partial charge in [0, 0.05) is 44.4 Å². The van der Waals surface area contributed by atoms with Gasteiger partial charge in [-0.25, -0.2) is 0 Å². The highest BCUT2D eigenvalue weighted by Gasteiger charge is 2.41. The zero-order chi connectivity index (χ0) is 21.7. The summed E-state index contributed by atoms with van der Waals surface area (Å²) in [6.07, 6.45) is 6.83. The van der Waals surface area contributed by atoms with Gasteiger partial charge in [0.15, 0.2) is 5.11 Å². The molecule has 5 nitrogen and oxygen atoms in total. The molecule has 1 aromatic carbocycles. The van der Waals surface area contributed by atoms with Crippen molar-refractivity contribution in [3.63, 3.8) is 0 Å². The molecule has 0 bridgehead atoms. The second-order valence-corrected chi connectivity index (χ2v) is 9.52. The Kier molecular flexibility index (Phi) is 6.92. The van der Waals surface area contributed by atoms with Crippen LogP contribution in [0.1, 0.15) is 30.4 Å². The number of hydrogen-bond acceptors (Lipinski definition) is 4. The molecule has 7 heteroatoms. The van der Waals surface area contributed by atoms with E-state index >= 15 is 0 Å². The van der Waals surface area contributed by atoms with Gasteiger partial charge in [-0.3, -0.25) is 4.79 Å². The zero-order valence-corrected chi connectivity index (χ0v) is 19.5. The monoisotopic (exact) mass is 455 g/mol. The molecule has 0 saturated carbocycles. The van der Waals surface area contributed by atoms with Crippen molar-refractivity contribution in [3.8, 4) is 5.75 Å². The van der Waals surface area contributed by atoms with Gasteiger partial charge in [0.05, 0.1) is 7.11 Å². The molecule has 2 aliphatic rings. The Balaban J connectivity index is 1.26. The van der Waals surface area contributed by atoms with Crippen molar-refractivity contribution in [1.29, 1.82) is 0 Å². The zero-order valence-electron chi connectivity index (χ0n) is 17.9. The van der Waals surface area contributed by atoms with Gasteiger partial charge in [-0.05, 0) is 71.4 Å². The van der Waals surface area contributed by atoms with Gasteiger partial charge in [0.25, 0.3) is 0 Å². The number of methoxy groups -OCH3 is 1. The van der Waals surface area contributed by atoms with E-state index in [9.17, 15) is 4.79 Å². The minimum Gasteiger partial charge on any atom is -0.496 e. The molecule has 3 heterocycles. The van der Waals surface area contributed by atoms with Crippen LogP contribution in [0.5, 0.6) is 5.75 Å². The maximum Gasteiger partial charge on any atom is 0.246 e. The molecule has 31 heavy (non-hydrogen) atoms. The van der Waals surface area contributed by atoms with E-state index in [1.807, 2.05) is 46.0 Å². The summed E-state index contributed by atoms with van der Waals surface area (Å²) < 4.78 is 5.43. The number of hydrogen-bond donors (Lipinski definition) is 1. The topological polar surface area (TPSA) is 44.8 Å². The highest BCUT2D eigenvalue weighted by molar-refractivity contribution is 7.80.